The second kappa shape index (κ2) is 10.0. The Hall–Kier alpha value is -1.89. The smallest absolute Gasteiger partial charge is 0.243 e. The molecule has 2 aromatic rings. The molecule has 0 aliphatic rings. The molecular formula is C21H27ClN2O3S. The fourth-order valence-electron chi connectivity index (χ4n) is 2.91. The van der Waals surface area contributed by atoms with E-state index in [4.69, 9.17) is 11.6 Å². The molecule has 0 spiro atoms. The average Bonchev–Trinajstić information content (AvgIpc) is 2.61. The molecule has 7 heteroatoms. The van der Waals surface area contributed by atoms with Crippen LogP contribution in [-0.2, 0) is 21.4 Å². The van der Waals surface area contributed by atoms with Crippen LogP contribution in [0.1, 0.15) is 37.8 Å². The minimum absolute atomic E-state index is 0.00685. The zero-order valence-corrected chi connectivity index (χ0v) is 18.1. The first-order chi connectivity index (χ1) is 13.2. The number of nitrogens with zero attached hydrogens (tertiary/aromatic N) is 1. The first kappa shape index (κ1) is 22.4. The monoisotopic (exact) mass is 422 g/mol. The van der Waals surface area contributed by atoms with Gasteiger partial charge in [0.15, 0.2) is 0 Å². The van der Waals surface area contributed by atoms with Crippen LogP contribution in [0.3, 0.4) is 0 Å². The molecule has 2 aromatic carbocycles. The van der Waals surface area contributed by atoms with Crippen LogP contribution in [0, 0.1) is 6.92 Å². The van der Waals surface area contributed by atoms with Crippen LogP contribution < -0.4 is 5.32 Å². The van der Waals surface area contributed by atoms with Crippen LogP contribution >= 0.6 is 11.6 Å². The molecule has 0 radical (unpaired) electrons. The number of rotatable bonds is 9. The lowest BCUT2D eigenvalue weighted by molar-refractivity contribution is -0.122. The van der Waals surface area contributed by atoms with Crippen LogP contribution in [-0.4, -0.2) is 31.2 Å². The SMILES string of the molecule is CCC[C@H](C)NC(=O)CN(Cc1cccc(Cl)c1)S(=O)(=O)c1ccc(C)cc1. The maximum Gasteiger partial charge on any atom is 0.243 e. The van der Waals surface area contributed by atoms with Gasteiger partial charge in [0, 0.05) is 17.6 Å². The van der Waals surface area contributed by atoms with Crippen LogP contribution in [0.4, 0.5) is 0 Å². The molecule has 1 amide bonds. The second-order valence-electron chi connectivity index (χ2n) is 6.97. The highest BCUT2D eigenvalue weighted by atomic mass is 35.5. The summed E-state index contributed by atoms with van der Waals surface area (Å²) in [5.74, 6) is -0.321. The number of benzene rings is 2. The predicted molar refractivity (Wildman–Crippen MR) is 113 cm³/mol. The van der Waals surface area contributed by atoms with Gasteiger partial charge in [-0.2, -0.15) is 4.31 Å². The van der Waals surface area contributed by atoms with E-state index in [-0.39, 0.29) is 29.9 Å². The summed E-state index contributed by atoms with van der Waals surface area (Å²) in [6.45, 7) is 5.65. The minimum Gasteiger partial charge on any atom is -0.353 e. The van der Waals surface area contributed by atoms with Crippen molar-refractivity contribution in [3.05, 3.63) is 64.7 Å². The molecule has 0 aliphatic heterocycles. The van der Waals surface area contributed by atoms with E-state index < -0.39 is 10.0 Å². The lowest BCUT2D eigenvalue weighted by atomic mass is 10.2. The highest BCUT2D eigenvalue weighted by Gasteiger charge is 2.27. The molecule has 28 heavy (non-hydrogen) atoms. The largest absolute Gasteiger partial charge is 0.353 e. The van der Waals surface area contributed by atoms with Crippen molar-refractivity contribution in [1.29, 1.82) is 0 Å². The number of carbonyl (C=O) groups excluding carboxylic acids is 1. The predicted octanol–water partition coefficient (Wildman–Crippen LogP) is 4.14. The third-order valence-corrected chi connectivity index (χ3v) is 6.40. The van der Waals surface area contributed by atoms with Gasteiger partial charge in [0.2, 0.25) is 15.9 Å². The van der Waals surface area contributed by atoms with Gasteiger partial charge in [-0.15, -0.1) is 0 Å². The summed E-state index contributed by atoms with van der Waals surface area (Å²) in [4.78, 5) is 12.6. The number of halogens is 1. The third kappa shape index (κ3) is 6.33. The van der Waals surface area contributed by atoms with Gasteiger partial charge in [0.1, 0.15) is 0 Å². The molecule has 0 heterocycles. The minimum atomic E-state index is -3.84. The van der Waals surface area contributed by atoms with E-state index in [2.05, 4.69) is 5.32 Å². The first-order valence-corrected chi connectivity index (χ1v) is 11.1. The standard InChI is InChI=1S/C21H27ClN2O3S/c1-4-6-17(3)23-21(25)15-24(14-18-7-5-8-19(22)13-18)28(26,27)20-11-9-16(2)10-12-20/h5,7-13,17H,4,6,14-15H2,1-3H3,(H,23,25)/t17-/m0/s1. The summed E-state index contributed by atoms with van der Waals surface area (Å²) in [5, 5.41) is 3.39. The van der Waals surface area contributed by atoms with E-state index in [1.807, 2.05) is 20.8 Å². The van der Waals surface area contributed by atoms with Crippen LogP contribution in [0.25, 0.3) is 0 Å². The Balaban J connectivity index is 2.29. The van der Waals surface area contributed by atoms with Gasteiger partial charge in [0.25, 0.3) is 0 Å². The Labute approximate surface area is 172 Å². The number of hydrogen-bond donors (Lipinski definition) is 1. The maximum atomic E-state index is 13.2. The van der Waals surface area contributed by atoms with E-state index in [1.165, 1.54) is 4.31 Å². The number of sulfonamides is 1. The average molecular weight is 423 g/mol. The van der Waals surface area contributed by atoms with Gasteiger partial charge in [-0.3, -0.25) is 4.79 Å². The normalized spacial score (nSPS) is 12.8. The van der Waals surface area contributed by atoms with E-state index in [1.54, 1.807) is 48.5 Å². The number of hydrogen-bond acceptors (Lipinski definition) is 3. The van der Waals surface area contributed by atoms with Crippen molar-refractivity contribution in [3.63, 3.8) is 0 Å². The van der Waals surface area contributed by atoms with Gasteiger partial charge in [-0.1, -0.05) is 54.8 Å². The summed E-state index contributed by atoms with van der Waals surface area (Å²) < 4.78 is 27.6. The van der Waals surface area contributed by atoms with Crippen LogP contribution in [0.15, 0.2) is 53.4 Å². The third-order valence-electron chi connectivity index (χ3n) is 4.36. The molecule has 1 atom stereocenters. The topological polar surface area (TPSA) is 66.5 Å². The molecule has 5 nitrogen and oxygen atoms in total. The van der Waals surface area contributed by atoms with Crippen molar-refractivity contribution in [1.82, 2.24) is 9.62 Å². The van der Waals surface area contributed by atoms with Crippen LogP contribution in [0.2, 0.25) is 5.02 Å². The summed E-state index contributed by atoms with van der Waals surface area (Å²) in [5.41, 5.74) is 1.68. The van der Waals surface area contributed by atoms with Gasteiger partial charge in [-0.05, 0) is 50.1 Å². The lowest BCUT2D eigenvalue weighted by Crippen LogP contribution is -2.43. The quantitative estimate of drug-likeness (QED) is 0.660. The van der Waals surface area contributed by atoms with Crippen molar-refractivity contribution >= 4 is 27.5 Å². The van der Waals surface area contributed by atoms with Crippen molar-refractivity contribution in [2.24, 2.45) is 0 Å². The summed E-state index contributed by atoms with van der Waals surface area (Å²) in [6, 6.07) is 13.6. The number of amides is 1. The second-order valence-corrected chi connectivity index (χ2v) is 9.35. The molecule has 0 aromatic heterocycles. The molecular weight excluding hydrogens is 396 g/mol. The van der Waals surface area contributed by atoms with E-state index >= 15 is 0 Å². The molecule has 0 aliphatic carbocycles. The molecule has 2 rings (SSSR count). The molecule has 0 fully saturated rings. The van der Waals surface area contributed by atoms with E-state index in [0.29, 0.717) is 5.02 Å². The Morgan fingerprint density at radius 1 is 1.18 bits per heavy atom. The number of nitrogens with one attached hydrogen (secondary N) is 1. The van der Waals surface area contributed by atoms with Gasteiger partial charge < -0.3 is 5.32 Å². The van der Waals surface area contributed by atoms with Crippen molar-refractivity contribution in [2.45, 2.75) is 51.1 Å². The Kier molecular flexibility index (Phi) is 8.04. The molecule has 0 saturated heterocycles. The Morgan fingerprint density at radius 2 is 1.86 bits per heavy atom. The van der Waals surface area contributed by atoms with Gasteiger partial charge in [0.05, 0.1) is 11.4 Å². The van der Waals surface area contributed by atoms with Gasteiger partial charge in [-0.25, -0.2) is 8.42 Å². The number of aryl methyl sites for hydroxylation is 1. The van der Waals surface area contributed by atoms with E-state index in [9.17, 15) is 13.2 Å². The summed E-state index contributed by atoms with van der Waals surface area (Å²) in [7, 11) is -3.84. The van der Waals surface area contributed by atoms with E-state index in [0.717, 1.165) is 24.0 Å². The van der Waals surface area contributed by atoms with Crippen molar-refractivity contribution in [2.75, 3.05) is 6.54 Å². The molecule has 152 valence electrons. The Bertz CT molecular complexity index is 898. The maximum absolute atomic E-state index is 13.2. The Morgan fingerprint density at radius 3 is 2.46 bits per heavy atom. The molecule has 0 bridgehead atoms. The van der Waals surface area contributed by atoms with Crippen molar-refractivity contribution < 1.29 is 13.2 Å². The highest BCUT2D eigenvalue weighted by Crippen LogP contribution is 2.20. The molecule has 0 unspecified atom stereocenters. The van der Waals surface area contributed by atoms with Gasteiger partial charge >= 0.3 is 0 Å². The summed E-state index contributed by atoms with van der Waals surface area (Å²) >= 11 is 6.04. The first-order valence-electron chi connectivity index (χ1n) is 9.33. The zero-order chi connectivity index (χ0) is 20.7. The zero-order valence-electron chi connectivity index (χ0n) is 16.5. The lowest BCUT2D eigenvalue weighted by Gasteiger charge is -2.23. The fraction of sp³-hybridized carbons (Fsp3) is 0.381. The van der Waals surface area contributed by atoms with Crippen molar-refractivity contribution in [3.8, 4) is 0 Å². The molecule has 1 N–H and O–H groups in total. The van der Waals surface area contributed by atoms with Crippen LogP contribution in [0.5, 0.6) is 0 Å². The summed E-state index contributed by atoms with van der Waals surface area (Å²) in [6.07, 6.45) is 1.78. The fourth-order valence-corrected chi connectivity index (χ4v) is 4.51. The highest BCUT2D eigenvalue weighted by molar-refractivity contribution is 7.89. The molecule has 0 saturated carbocycles. The number of carbonyl (C=O) groups is 1.